The van der Waals surface area contributed by atoms with Gasteiger partial charge in [0.15, 0.2) is 0 Å². The number of carbonyl (C=O) groups excluding carboxylic acids is 2. The second-order valence-electron chi connectivity index (χ2n) is 7.77. The fourth-order valence-corrected chi connectivity index (χ4v) is 4.30. The summed E-state index contributed by atoms with van der Waals surface area (Å²) in [6.45, 7) is 5.54. The Balaban J connectivity index is 1.50. The molecule has 0 saturated carbocycles. The van der Waals surface area contributed by atoms with E-state index in [1.54, 1.807) is 6.92 Å². The van der Waals surface area contributed by atoms with Gasteiger partial charge < -0.3 is 10.1 Å². The van der Waals surface area contributed by atoms with Crippen molar-refractivity contribution >= 4 is 11.9 Å². The molecule has 2 fully saturated rings. The molecule has 4 rings (SSSR count). The number of urea groups is 1. The standard InChI is InChI=1S/C23H27N3O3/c1-3-29-19-13-11-17(12-14-19)20-10-7-15-25(20)16-26-21(27)23(2,24-22(26)28)18-8-5-4-6-9-18/h4-6,8-9,11-14,20H,3,7,10,15-16H2,1-2H3,(H,24,28)/t20-,23-/m1/s1. The molecule has 2 aromatic rings. The van der Waals surface area contributed by atoms with E-state index in [4.69, 9.17) is 4.74 Å². The molecule has 152 valence electrons. The molecule has 0 aliphatic carbocycles. The smallest absolute Gasteiger partial charge is 0.326 e. The highest BCUT2D eigenvalue weighted by Gasteiger charge is 2.49. The van der Waals surface area contributed by atoms with E-state index in [0.29, 0.717) is 13.3 Å². The van der Waals surface area contributed by atoms with Gasteiger partial charge in [-0.1, -0.05) is 42.5 Å². The summed E-state index contributed by atoms with van der Waals surface area (Å²) in [6, 6.07) is 17.4. The van der Waals surface area contributed by atoms with Crippen LogP contribution in [0.3, 0.4) is 0 Å². The molecule has 29 heavy (non-hydrogen) atoms. The van der Waals surface area contributed by atoms with Crippen molar-refractivity contribution in [2.75, 3.05) is 19.8 Å². The molecule has 2 aliphatic heterocycles. The van der Waals surface area contributed by atoms with Gasteiger partial charge in [0.25, 0.3) is 5.91 Å². The van der Waals surface area contributed by atoms with E-state index in [1.165, 1.54) is 10.5 Å². The first-order valence-corrected chi connectivity index (χ1v) is 10.2. The zero-order valence-corrected chi connectivity index (χ0v) is 16.9. The Hall–Kier alpha value is -2.86. The Labute approximate surface area is 171 Å². The molecule has 0 radical (unpaired) electrons. The zero-order valence-electron chi connectivity index (χ0n) is 16.9. The minimum absolute atomic E-state index is 0.190. The molecule has 2 heterocycles. The van der Waals surface area contributed by atoms with Crippen LogP contribution in [0.4, 0.5) is 4.79 Å². The summed E-state index contributed by atoms with van der Waals surface area (Å²) in [5.74, 6) is 0.652. The fourth-order valence-electron chi connectivity index (χ4n) is 4.30. The lowest BCUT2D eigenvalue weighted by Gasteiger charge is -2.29. The van der Waals surface area contributed by atoms with Gasteiger partial charge in [-0.3, -0.25) is 9.69 Å². The van der Waals surface area contributed by atoms with Gasteiger partial charge in [-0.15, -0.1) is 0 Å². The summed E-state index contributed by atoms with van der Waals surface area (Å²) in [5.41, 5.74) is 0.960. The molecule has 6 heteroatoms. The van der Waals surface area contributed by atoms with E-state index in [2.05, 4.69) is 22.3 Å². The van der Waals surface area contributed by atoms with Crippen molar-refractivity contribution in [2.45, 2.75) is 38.3 Å². The Kier molecular flexibility index (Phi) is 5.28. The lowest BCUT2D eigenvalue weighted by molar-refractivity contribution is -0.132. The number of carbonyl (C=O) groups is 2. The van der Waals surface area contributed by atoms with Gasteiger partial charge in [0.05, 0.1) is 13.3 Å². The van der Waals surface area contributed by atoms with E-state index >= 15 is 0 Å². The van der Waals surface area contributed by atoms with Crippen molar-refractivity contribution in [1.82, 2.24) is 15.1 Å². The van der Waals surface area contributed by atoms with Crippen LogP contribution in [0.15, 0.2) is 54.6 Å². The highest BCUT2D eigenvalue weighted by molar-refractivity contribution is 6.07. The lowest BCUT2D eigenvalue weighted by Crippen LogP contribution is -2.43. The van der Waals surface area contributed by atoms with Crippen molar-refractivity contribution < 1.29 is 14.3 Å². The van der Waals surface area contributed by atoms with Gasteiger partial charge >= 0.3 is 6.03 Å². The molecule has 0 spiro atoms. The molecule has 0 aromatic heterocycles. The number of amides is 3. The van der Waals surface area contributed by atoms with Crippen LogP contribution in [0.2, 0.25) is 0 Å². The third-order valence-corrected chi connectivity index (χ3v) is 5.89. The van der Waals surface area contributed by atoms with Gasteiger partial charge in [0, 0.05) is 12.6 Å². The Morgan fingerprint density at radius 1 is 1.10 bits per heavy atom. The minimum atomic E-state index is -1.02. The first kappa shape index (κ1) is 19.5. The van der Waals surface area contributed by atoms with Crippen LogP contribution in [0.5, 0.6) is 5.75 Å². The Morgan fingerprint density at radius 2 is 1.83 bits per heavy atom. The van der Waals surface area contributed by atoms with Gasteiger partial charge in [-0.2, -0.15) is 0 Å². The molecule has 2 saturated heterocycles. The van der Waals surface area contributed by atoms with Gasteiger partial charge in [-0.25, -0.2) is 9.69 Å². The number of hydrogen-bond acceptors (Lipinski definition) is 4. The Bertz CT molecular complexity index is 884. The van der Waals surface area contributed by atoms with Crippen LogP contribution >= 0.6 is 0 Å². The first-order chi connectivity index (χ1) is 14.0. The summed E-state index contributed by atoms with van der Waals surface area (Å²) in [6.07, 6.45) is 2.05. The molecular formula is C23H27N3O3. The number of ether oxygens (including phenoxy) is 1. The number of hydrogen-bond donors (Lipinski definition) is 1. The number of likely N-dealkylation sites (tertiary alicyclic amines) is 1. The summed E-state index contributed by atoms with van der Waals surface area (Å²) in [4.78, 5) is 29.4. The molecule has 6 nitrogen and oxygen atoms in total. The summed E-state index contributed by atoms with van der Waals surface area (Å²) < 4.78 is 5.53. The van der Waals surface area contributed by atoms with Gasteiger partial charge in [0.1, 0.15) is 11.3 Å². The fraction of sp³-hybridized carbons (Fsp3) is 0.391. The summed E-state index contributed by atoms with van der Waals surface area (Å²) >= 11 is 0. The van der Waals surface area contributed by atoms with Crippen LogP contribution in [-0.2, 0) is 10.3 Å². The number of nitrogens with zero attached hydrogens (tertiary/aromatic N) is 2. The molecule has 2 aromatic carbocycles. The van der Waals surface area contributed by atoms with Crippen molar-refractivity contribution in [1.29, 1.82) is 0 Å². The summed E-state index contributed by atoms with van der Waals surface area (Å²) in [5, 5.41) is 2.89. The third kappa shape index (κ3) is 3.60. The molecule has 2 aliphatic rings. The molecule has 1 N–H and O–H groups in total. The Morgan fingerprint density at radius 3 is 2.52 bits per heavy atom. The largest absolute Gasteiger partial charge is 0.494 e. The van der Waals surface area contributed by atoms with Crippen molar-refractivity contribution in [3.05, 3.63) is 65.7 Å². The van der Waals surface area contributed by atoms with Crippen LogP contribution in [-0.4, -0.2) is 41.6 Å². The average Bonchev–Trinajstić information content (AvgIpc) is 3.28. The second-order valence-corrected chi connectivity index (χ2v) is 7.77. The average molecular weight is 393 g/mol. The van der Waals surface area contributed by atoms with Gasteiger partial charge in [0.2, 0.25) is 0 Å². The van der Waals surface area contributed by atoms with Crippen molar-refractivity contribution in [3.8, 4) is 5.75 Å². The van der Waals surface area contributed by atoms with E-state index in [-0.39, 0.29) is 18.0 Å². The molecule has 3 amide bonds. The maximum atomic E-state index is 13.2. The van der Waals surface area contributed by atoms with E-state index in [0.717, 1.165) is 30.7 Å². The molecule has 0 unspecified atom stereocenters. The molecular weight excluding hydrogens is 366 g/mol. The maximum absolute atomic E-state index is 13.2. The van der Waals surface area contributed by atoms with Crippen LogP contribution in [0.25, 0.3) is 0 Å². The van der Waals surface area contributed by atoms with Crippen LogP contribution < -0.4 is 10.1 Å². The van der Waals surface area contributed by atoms with Crippen LogP contribution in [0.1, 0.15) is 43.9 Å². The monoisotopic (exact) mass is 393 g/mol. The van der Waals surface area contributed by atoms with Crippen molar-refractivity contribution in [3.63, 3.8) is 0 Å². The predicted molar refractivity (Wildman–Crippen MR) is 110 cm³/mol. The number of benzene rings is 2. The topological polar surface area (TPSA) is 61.9 Å². The normalized spacial score (nSPS) is 24.8. The SMILES string of the molecule is CCOc1ccc([C@H]2CCCN2CN2C(=O)N[C@](C)(c3ccccc3)C2=O)cc1. The minimum Gasteiger partial charge on any atom is -0.494 e. The van der Waals surface area contributed by atoms with E-state index < -0.39 is 5.54 Å². The van der Waals surface area contributed by atoms with Crippen molar-refractivity contribution in [2.24, 2.45) is 0 Å². The van der Waals surface area contributed by atoms with Crippen LogP contribution in [0, 0.1) is 0 Å². The zero-order chi connectivity index (χ0) is 20.4. The second kappa shape index (κ2) is 7.87. The molecule has 2 atom stereocenters. The third-order valence-electron chi connectivity index (χ3n) is 5.89. The number of nitrogens with one attached hydrogen (secondary N) is 1. The maximum Gasteiger partial charge on any atom is 0.326 e. The van der Waals surface area contributed by atoms with Gasteiger partial charge in [-0.05, 0) is 49.9 Å². The molecule has 0 bridgehead atoms. The quantitative estimate of drug-likeness (QED) is 0.761. The first-order valence-electron chi connectivity index (χ1n) is 10.2. The highest BCUT2D eigenvalue weighted by atomic mass is 16.5. The number of rotatable bonds is 6. The summed E-state index contributed by atoms with van der Waals surface area (Å²) in [7, 11) is 0. The van der Waals surface area contributed by atoms with E-state index in [9.17, 15) is 9.59 Å². The highest BCUT2D eigenvalue weighted by Crippen LogP contribution is 2.35. The lowest BCUT2D eigenvalue weighted by atomic mass is 9.92. The predicted octanol–water partition coefficient (Wildman–Crippen LogP) is 3.65. The number of imide groups is 1. The van der Waals surface area contributed by atoms with E-state index in [1.807, 2.05) is 49.4 Å².